The first-order valence-electron chi connectivity index (χ1n) is 6.01. The number of hydrogen-bond acceptors (Lipinski definition) is 3. The number of nitrogens with two attached hydrogens (primary N) is 1. The Labute approximate surface area is 102 Å². The van der Waals surface area contributed by atoms with Gasteiger partial charge in [0.05, 0.1) is 11.9 Å². The minimum absolute atomic E-state index is 0.650. The maximum Gasteiger partial charge on any atom is 0.113 e. The zero-order chi connectivity index (χ0) is 12.1. The van der Waals surface area contributed by atoms with Crippen molar-refractivity contribution in [1.82, 2.24) is 14.5 Å². The predicted molar refractivity (Wildman–Crippen MR) is 68.1 cm³/mol. The lowest BCUT2D eigenvalue weighted by atomic mass is 10.2. The summed E-state index contributed by atoms with van der Waals surface area (Å²) in [6, 6.07) is 2.13. The summed E-state index contributed by atoms with van der Waals surface area (Å²) in [6.07, 6.45) is 10.5. The highest BCUT2D eigenvalue weighted by molar-refractivity contribution is 5.33. The highest BCUT2D eigenvalue weighted by atomic mass is 15.1. The number of hydrogen-bond donors (Lipinski definition) is 1. The van der Waals surface area contributed by atoms with Gasteiger partial charge in [-0.15, -0.1) is 0 Å². The molecule has 0 unspecified atom stereocenters. The van der Waals surface area contributed by atoms with Gasteiger partial charge in [-0.2, -0.15) is 0 Å². The maximum atomic E-state index is 5.56. The molecule has 17 heavy (non-hydrogen) atoms. The lowest BCUT2D eigenvalue weighted by Crippen LogP contribution is -2.05. The van der Waals surface area contributed by atoms with E-state index in [-0.39, 0.29) is 0 Å². The SMILES string of the molecule is CCCc1nccn1-c1cncc(CCN)c1. The summed E-state index contributed by atoms with van der Waals surface area (Å²) in [6.45, 7) is 2.80. The maximum absolute atomic E-state index is 5.56. The van der Waals surface area contributed by atoms with E-state index < -0.39 is 0 Å². The van der Waals surface area contributed by atoms with E-state index in [4.69, 9.17) is 5.73 Å². The highest BCUT2D eigenvalue weighted by Gasteiger charge is 2.04. The second kappa shape index (κ2) is 5.59. The van der Waals surface area contributed by atoms with Gasteiger partial charge in [-0.3, -0.25) is 4.98 Å². The van der Waals surface area contributed by atoms with E-state index in [2.05, 4.69) is 27.5 Å². The number of pyridine rings is 1. The molecular weight excluding hydrogens is 212 g/mol. The van der Waals surface area contributed by atoms with Gasteiger partial charge >= 0.3 is 0 Å². The minimum Gasteiger partial charge on any atom is -0.330 e. The summed E-state index contributed by atoms with van der Waals surface area (Å²) in [5, 5.41) is 0. The summed E-state index contributed by atoms with van der Waals surface area (Å²) in [5.41, 5.74) is 7.79. The molecule has 0 radical (unpaired) electrons. The summed E-state index contributed by atoms with van der Waals surface area (Å²) in [4.78, 5) is 8.62. The first-order chi connectivity index (χ1) is 8.35. The predicted octanol–water partition coefficient (Wildman–Crippen LogP) is 1.72. The normalized spacial score (nSPS) is 10.7. The highest BCUT2D eigenvalue weighted by Crippen LogP contribution is 2.12. The molecule has 0 aliphatic heterocycles. The van der Waals surface area contributed by atoms with Gasteiger partial charge in [-0.25, -0.2) is 4.98 Å². The molecule has 4 nitrogen and oxygen atoms in total. The van der Waals surface area contributed by atoms with Crippen molar-refractivity contribution in [3.8, 4) is 5.69 Å². The van der Waals surface area contributed by atoms with E-state index in [0.29, 0.717) is 6.54 Å². The van der Waals surface area contributed by atoms with Crippen LogP contribution in [0.2, 0.25) is 0 Å². The first kappa shape index (κ1) is 11.8. The van der Waals surface area contributed by atoms with Crippen molar-refractivity contribution in [2.45, 2.75) is 26.2 Å². The summed E-state index contributed by atoms with van der Waals surface area (Å²) >= 11 is 0. The van der Waals surface area contributed by atoms with Crippen LogP contribution < -0.4 is 5.73 Å². The van der Waals surface area contributed by atoms with Crippen LogP contribution in [0.1, 0.15) is 24.7 Å². The third kappa shape index (κ3) is 2.71. The Morgan fingerprint density at radius 2 is 2.18 bits per heavy atom. The molecule has 0 fully saturated rings. The monoisotopic (exact) mass is 230 g/mol. The third-order valence-electron chi connectivity index (χ3n) is 2.68. The van der Waals surface area contributed by atoms with E-state index in [9.17, 15) is 0 Å². The molecule has 2 aromatic heterocycles. The quantitative estimate of drug-likeness (QED) is 0.851. The topological polar surface area (TPSA) is 56.7 Å². The van der Waals surface area contributed by atoms with E-state index in [1.807, 2.05) is 24.8 Å². The fourth-order valence-electron chi connectivity index (χ4n) is 1.89. The molecule has 2 aromatic rings. The Kier molecular flexibility index (Phi) is 3.88. The lowest BCUT2D eigenvalue weighted by Gasteiger charge is -2.08. The number of nitrogens with zero attached hydrogens (tertiary/aromatic N) is 3. The molecule has 90 valence electrons. The zero-order valence-electron chi connectivity index (χ0n) is 10.1. The van der Waals surface area contributed by atoms with Gasteiger partial charge in [0.25, 0.3) is 0 Å². The fourth-order valence-corrected chi connectivity index (χ4v) is 1.89. The molecule has 0 saturated carbocycles. The number of aromatic nitrogens is 3. The Morgan fingerprint density at radius 3 is 2.94 bits per heavy atom. The van der Waals surface area contributed by atoms with Gasteiger partial charge in [0.15, 0.2) is 0 Å². The van der Waals surface area contributed by atoms with Crippen LogP contribution in [0.5, 0.6) is 0 Å². The molecule has 2 rings (SSSR count). The summed E-state index contributed by atoms with van der Waals surface area (Å²) in [5.74, 6) is 1.08. The fraction of sp³-hybridized carbons (Fsp3) is 0.385. The molecule has 0 aliphatic rings. The molecule has 2 heterocycles. The van der Waals surface area contributed by atoms with E-state index in [1.165, 1.54) is 5.56 Å². The van der Waals surface area contributed by atoms with Crippen molar-refractivity contribution in [3.05, 3.63) is 42.2 Å². The number of aryl methyl sites for hydroxylation is 1. The summed E-state index contributed by atoms with van der Waals surface area (Å²) < 4.78 is 2.09. The van der Waals surface area contributed by atoms with Crippen LogP contribution in [0.3, 0.4) is 0 Å². The number of imidazole rings is 1. The smallest absolute Gasteiger partial charge is 0.113 e. The second-order valence-corrected chi connectivity index (χ2v) is 4.05. The van der Waals surface area contributed by atoms with Gasteiger partial charge in [-0.1, -0.05) is 6.92 Å². The van der Waals surface area contributed by atoms with Crippen LogP contribution in [0.15, 0.2) is 30.9 Å². The Bertz CT molecular complexity index is 476. The molecular formula is C13H18N4. The van der Waals surface area contributed by atoms with Crippen molar-refractivity contribution < 1.29 is 0 Å². The molecule has 0 bridgehead atoms. The average Bonchev–Trinajstić information content (AvgIpc) is 2.79. The zero-order valence-corrected chi connectivity index (χ0v) is 10.1. The van der Waals surface area contributed by atoms with Crippen LogP contribution in [-0.4, -0.2) is 21.1 Å². The average molecular weight is 230 g/mol. The van der Waals surface area contributed by atoms with Crippen molar-refractivity contribution in [2.75, 3.05) is 6.54 Å². The van der Waals surface area contributed by atoms with Crippen LogP contribution in [0.4, 0.5) is 0 Å². The van der Waals surface area contributed by atoms with Crippen molar-refractivity contribution >= 4 is 0 Å². The van der Waals surface area contributed by atoms with E-state index >= 15 is 0 Å². The standard InChI is InChI=1S/C13H18N4/c1-2-3-13-16-6-7-17(13)12-8-11(4-5-14)9-15-10-12/h6-10H,2-5,14H2,1H3. The van der Waals surface area contributed by atoms with Gasteiger partial charge < -0.3 is 10.3 Å². The largest absolute Gasteiger partial charge is 0.330 e. The van der Waals surface area contributed by atoms with Crippen LogP contribution in [-0.2, 0) is 12.8 Å². The molecule has 4 heteroatoms. The van der Waals surface area contributed by atoms with Gasteiger partial charge in [0, 0.05) is 25.0 Å². The Morgan fingerprint density at radius 1 is 1.29 bits per heavy atom. The van der Waals surface area contributed by atoms with Gasteiger partial charge in [-0.05, 0) is 31.0 Å². The molecule has 2 N–H and O–H groups in total. The number of rotatable bonds is 5. The van der Waals surface area contributed by atoms with E-state index in [0.717, 1.165) is 30.8 Å². The Balaban J connectivity index is 2.31. The van der Waals surface area contributed by atoms with Crippen LogP contribution >= 0.6 is 0 Å². The van der Waals surface area contributed by atoms with Crippen LogP contribution in [0.25, 0.3) is 5.69 Å². The first-order valence-corrected chi connectivity index (χ1v) is 6.01. The molecule has 0 saturated heterocycles. The lowest BCUT2D eigenvalue weighted by molar-refractivity contribution is 0.805. The van der Waals surface area contributed by atoms with Gasteiger partial charge in [0.1, 0.15) is 5.82 Å². The molecule has 0 amide bonds. The molecule has 0 spiro atoms. The third-order valence-corrected chi connectivity index (χ3v) is 2.68. The second-order valence-electron chi connectivity index (χ2n) is 4.05. The van der Waals surface area contributed by atoms with Gasteiger partial charge in [0.2, 0.25) is 0 Å². The Hall–Kier alpha value is -1.68. The van der Waals surface area contributed by atoms with Crippen molar-refractivity contribution in [2.24, 2.45) is 5.73 Å². The molecule has 0 atom stereocenters. The van der Waals surface area contributed by atoms with Crippen molar-refractivity contribution in [1.29, 1.82) is 0 Å². The summed E-state index contributed by atoms with van der Waals surface area (Å²) in [7, 11) is 0. The van der Waals surface area contributed by atoms with Crippen molar-refractivity contribution in [3.63, 3.8) is 0 Å². The van der Waals surface area contributed by atoms with Crippen LogP contribution in [0, 0.1) is 0 Å². The molecule has 0 aromatic carbocycles. The van der Waals surface area contributed by atoms with E-state index in [1.54, 1.807) is 0 Å². The molecule has 0 aliphatic carbocycles. The minimum atomic E-state index is 0.650.